The van der Waals surface area contributed by atoms with E-state index in [0.717, 1.165) is 15.6 Å². The Morgan fingerprint density at radius 1 is 1.03 bits per heavy atom. The minimum atomic E-state index is -3.52. The van der Waals surface area contributed by atoms with Gasteiger partial charge >= 0.3 is 0 Å². The van der Waals surface area contributed by atoms with Gasteiger partial charge in [0.1, 0.15) is 6.04 Å². The van der Waals surface area contributed by atoms with E-state index in [2.05, 4.69) is 21.2 Å². The summed E-state index contributed by atoms with van der Waals surface area (Å²) in [5.74, 6) is -0.106. The number of nitrogens with zero attached hydrogens (tertiary/aromatic N) is 2. The smallest absolute Gasteiger partial charge is 0.242 e. The van der Waals surface area contributed by atoms with Crippen LogP contribution in [0.15, 0.2) is 53.0 Å². The first-order valence-electron chi connectivity index (χ1n) is 11.7. The molecule has 0 radical (unpaired) electrons. The average molecular weight is 567 g/mol. The molecule has 2 aromatic carbocycles. The van der Waals surface area contributed by atoms with E-state index < -0.39 is 16.1 Å². The average Bonchev–Trinajstić information content (AvgIpc) is 2.79. The fourth-order valence-electron chi connectivity index (χ4n) is 3.65. The molecule has 0 bridgehead atoms. The fourth-order valence-corrected chi connectivity index (χ4v) is 4.93. The third-order valence-electron chi connectivity index (χ3n) is 5.65. The summed E-state index contributed by atoms with van der Waals surface area (Å²) in [6.07, 6.45) is 1.62. The highest BCUT2D eigenvalue weighted by molar-refractivity contribution is 9.10. The number of sulfonamides is 1. The van der Waals surface area contributed by atoms with E-state index in [0.29, 0.717) is 24.6 Å². The lowest BCUT2D eigenvalue weighted by atomic mass is 10.1. The molecule has 0 unspecified atom stereocenters. The SMILES string of the molecule is Cc1ccccc1N(CCCC(=O)N(Cc1ccc(Br)cc1)[C@H](C)C(=O)NCC(C)C)S(C)(=O)=O. The molecule has 0 aliphatic heterocycles. The third-order valence-corrected chi connectivity index (χ3v) is 7.36. The largest absolute Gasteiger partial charge is 0.354 e. The number of halogens is 1. The second-order valence-electron chi connectivity index (χ2n) is 9.19. The van der Waals surface area contributed by atoms with Gasteiger partial charge in [-0.2, -0.15) is 0 Å². The van der Waals surface area contributed by atoms with Gasteiger partial charge in [0.2, 0.25) is 21.8 Å². The predicted octanol–water partition coefficient (Wildman–Crippen LogP) is 4.49. The Morgan fingerprint density at radius 2 is 1.66 bits per heavy atom. The molecule has 9 heteroatoms. The standard InChI is InChI=1S/C26H36BrN3O4S/c1-19(2)17-28-26(32)21(4)29(18-22-12-14-23(27)15-13-22)25(31)11-8-16-30(35(5,33)34)24-10-7-6-9-20(24)3/h6-7,9-10,12-15,19,21H,8,11,16-18H2,1-5H3,(H,28,32)/t21-/m1/s1. The van der Waals surface area contributed by atoms with Crippen LogP contribution in [0.2, 0.25) is 0 Å². The first kappa shape index (κ1) is 28.8. The number of benzene rings is 2. The molecule has 2 rings (SSSR count). The highest BCUT2D eigenvalue weighted by Gasteiger charge is 2.27. The maximum Gasteiger partial charge on any atom is 0.242 e. The Bertz CT molecular complexity index is 1100. The van der Waals surface area contributed by atoms with E-state index in [1.807, 2.05) is 57.2 Å². The number of carbonyl (C=O) groups excluding carboxylic acids is 2. The monoisotopic (exact) mass is 565 g/mol. The fraction of sp³-hybridized carbons (Fsp3) is 0.462. The van der Waals surface area contributed by atoms with Gasteiger partial charge in [0.15, 0.2) is 0 Å². The van der Waals surface area contributed by atoms with Gasteiger partial charge in [-0.1, -0.05) is 60.1 Å². The summed E-state index contributed by atoms with van der Waals surface area (Å²) in [6, 6.07) is 14.2. The number of para-hydroxylation sites is 1. The van der Waals surface area contributed by atoms with E-state index in [-0.39, 0.29) is 31.3 Å². The zero-order valence-corrected chi connectivity index (χ0v) is 23.5. The van der Waals surface area contributed by atoms with Crippen LogP contribution in [0.25, 0.3) is 0 Å². The van der Waals surface area contributed by atoms with Crippen molar-refractivity contribution in [2.24, 2.45) is 5.92 Å². The highest BCUT2D eigenvalue weighted by atomic mass is 79.9. The van der Waals surface area contributed by atoms with Gasteiger partial charge in [-0.15, -0.1) is 0 Å². The maximum absolute atomic E-state index is 13.3. The number of aryl methyl sites for hydroxylation is 1. The molecular weight excluding hydrogens is 530 g/mol. The summed E-state index contributed by atoms with van der Waals surface area (Å²) in [5.41, 5.74) is 2.36. The van der Waals surface area contributed by atoms with Crippen LogP contribution >= 0.6 is 15.9 Å². The molecule has 0 spiro atoms. The van der Waals surface area contributed by atoms with Gasteiger partial charge < -0.3 is 10.2 Å². The molecule has 2 amide bonds. The zero-order valence-electron chi connectivity index (χ0n) is 21.1. The van der Waals surface area contributed by atoms with Crippen molar-refractivity contribution in [1.29, 1.82) is 0 Å². The van der Waals surface area contributed by atoms with Crippen molar-refractivity contribution in [3.63, 3.8) is 0 Å². The number of hydrogen-bond acceptors (Lipinski definition) is 4. The molecule has 0 saturated carbocycles. The van der Waals surface area contributed by atoms with Crippen LogP contribution in [0, 0.1) is 12.8 Å². The van der Waals surface area contributed by atoms with Crippen molar-refractivity contribution in [3.8, 4) is 0 Å². The highest BCUT2D eigenvalue weighted by Crippen LogP contribution is 2.23. The topological polar surface area (TPSA) is 86.8 Å². The molecule has 0 aromatic heterocycles. The minimum Gasteiger partial charge on any atom is -0.354 e. The van der Waals surface area contributed by atoms with E-state index in [4.69, 9.17) is 0 Å². The Morgan fingerprint density at radius 3 is 2.23 bits per heavy atom. The Hall–Kier alpha value is -2.39. The van der Waals surface area contributed by atoms with Gasteiger partial charge in [-0.3, -0.25) is 13.9 Å². The van der Waals surface area contributed by atoms with Crippen LogP contribution in [-0.4, -0.2) is 50.5 Å². The molecule has 0 aliphatic carbocycles. The van der Waals surface area contributed by atoms with Gasteiger partial charge in [0.05, 0.1) is 11.9 Å². The van der Waals surface area contributed by atoms with Crippen molar-refractivity contribution in [2.75, 3.05) is 23.7 Å². The lowest BCUT2D eigenvalue weighted by molar-refractivity contribution is -0.140. The number of hydrogen-bond donors (Lipinski definition) is 1. The van der Waals surface area contributed by atoms with Crippen LogP contribution in [0.4, 0.5) is 5.69 Å². The molecule has 2 aromatic rings. The molecule has 1 atom stereocenters. The first-order valence-corrected chi connectivity index (χ1v) is 14.4. The predicted molar refractivity (Wildman–Crippen MR) is 145 cm³/mol. The normalized spacial score (nSPS) is 12.3. The Labute approximate surface area is 218 Å². The Kier molecular flexibility index (Phi) is 10.8. The van der Waals surface area contributed by atoms with Gasteiger partial charge in [-0.05, 0) is 55.5 Å². The molecule has 7 nitrogen and oxygen atoms in total. The summed E-state index contributed by atoms with van der Waals surface area (Å²) in [6.45, 7) is 8.60. The lowest BCUT2D eigenvalue weighted by Crippen LogP contribution is -2.48. The molecule has 0 saturated heterocycles. The summed E-state index contributed by atoms with van der Waals surface area (Å²) < 4.78 is 27.2. The lowest BCUT2D eigenvalue weighted by Gasteiger charge is -2.30. The van der Waals surface area contributed by atoms with E-state index in [1.54, 1.807) is 24.0 Å². The van der Waals surface area contributed by atoms with Gasteiger partial charge in [-0.25, -0.2) is 8.42 Å². The summed E-state index contributed by atoms with van der Waals surface area (Å²) in [7, 11) is -3.52. The minimum absolute atomic E-state index is 0.121. The number of carbonyl (C=O) groups is 2. The van der Waals surface area contributed by atoms with Crippen LogP contribution in [0.5, 0.6) is 0 Å². The van der Waals surface area contributed by atoms with Crippen molar-refractivity contribution < 1.29 is 18.0 Å². The molecule has 0 heterocycles. The Balaban J connectivity index is 2.16. The number of amides is 2. The summed E-state index contributed by atoms with van der Waals surface area (Å²) >= 11 is 3.42. The van der Waals surface area contributed by atoms with Crippen LogP contribution in [-0.2, 0) is 26.2 Å². The van der Waals surface area contributed by atoms with E-state index in [9.17, 15) is 18.0 Å². The van der Waals surface area contributed by atoms with Crippen LogP contribution in [0.3, 0.4) is 0 Å². The van der Waals surface area contributed by atoms with Crippen molar-refractivity contribution >= 4 is 43.5 Å². The summed E-state index contributed by atoms with van der Waals surface area (Å²) in [4.78, 5) is 27.6. The molecule has 0 aliphatic rings. The molecule has 0 fully saturated rings. The molecule has 192 valence electrons. The molecule has 35 heavy (non-hydrogen) atoms. The van der Waals surface area contributed by atoms with Crippen molar-refractivity contribution in [2.45, 2.75) is 53.1 Å². The second-order valence-corrected chi connectivity index (χ2v) is 12.0. The third kappa shape index (κ3) is 8.96. The van der Waals surface area contributed by atoms with Crippen molar-refractivity contribution in [3.05, 3.63) is 64.1 Å². The summed E-state index contributed by atoms with van der Waals surface area (Å²) in [5, 5.41) is 2.91. The van der Waals surface area contributed by atoms with E-state index >= 15 is 0 Å². The van der Waals surface area contributed by atoms with Gasteiger partial charge in [0, 0.05) is 30.5 Å². The zero-order chi connectivity index (χ0) is 26.2. The molecule has 1 N–H and O–H groups in total. The van der Waals surface area contributed by atoms with Crippen LogP contribution in [0.1, 0.15) is 44.7 Å². The first-order chi connectivity index (χ1) is 16.4. The maximum atomic E-state index is 13.3. The van der Waals surface area contributed by atoms with Crippen LogP contribution < -0.4 is 9.62 Å². The quantitative estimate of drug-likeness (QED) is 0.410. The second kappa shape index (κ2) is 13.1. The number of anilines is 1. The molecular formula is C26H36BrN3O4S. The van der Waals surface area contributed by atoms with Gasteiger partial charge in [0.25, 0.3) is 0 Å². The number of nitrogens with one attached hydrogen (secondary N) is 1. The van der Waals surface area contributed by atoms with E-state index in [1.165, 1.54) is 10.6 Å². The number of rotatable bonds is 12. The van der Waals surface area contributed by atoms with Crippen molar-refractivity contribution in [1.82, 2.24) is 10.2 Å².